The van der Waals surface area contributed by atoms with Crippen molar-refractivity contribution in [2.75, 3.05) is 26.3 Å². The van der Waals surface area contributed by atoms with Crippen LogP contribution in [-0.2, 0) is 16.1 Å². The lowest BCUT2D eigenvalue weighted by molar-refractivity contribution is 0.0208. The highest BCUT2D eigenvalue weighted by molar-refractivity contribution is 4.92. The summed E-state index contributed by atoms with van der Waals surface area (Å²) in [5.74, 6) is 1.10. The Morgan fingerprint density at radius 2 is 2.53 bits per heavy atom. The minimum absolute atomic E-state index is 0.0992. The van der Waals surface area contributed by atoms with E-state index in [0.717, 1.165) is 13.1 Å². The minimum Gasteiger partial charge on any atom is -0.372 e. The third-order valence-electron chi connectivity index (χ3n) is 2.13. The largest absolute Gasteiger partial charge is 0.372 e. The van der Waals surface area contributed by atoms with E-state index in [2.05, 4.69) is 15.5 Å². The van der Waals surface area contributed by atoms with Crippen LogP contribution < -0.4 is 5.32 Å². The molecule has 0 spiro atoms. The van der Waals surface area contributed by atoms with E-state index in [1.165, 1.54) is 0 Å². The van der Waals surface area contributed by atoms with Gasteiger partial charge in [-0.15, -0.1) is 0 Å². The highest BCUT2D eigenvalue weighted by Crippen LogP contribution is 2.15. The fourth-order valence-corrected chi connectivity index (χ4v) is 1.38. The summed E-state index contributed by atoms with van der Waals surface area (Å²) in [6.07, 6.45) is -0.0992. The normalized spacial score (nSPS) is 21.8. The molecule has 1 saturated heterocycles. The molecule has 0 amide bonds. The quantitative estimate of drug-likeness (QED) is 0.774. The van der Waals surface area contributed by atoms with Crippen molar-refractivity contribution in [3.8, 4) is 0 Å². The number of hydrogen-bond donors (Lipinski definition) is 1. The summed E-state index contributed by atoms with van der Waals surface area (Å²) in [6, 6.07) is 0. The lowest BCUT2D eigenvalue weighted by atomic mass is 10.3. The lowest BCUT2D eigenvalue weighted by Crippen LogP contribution is -2.33. The Morgan fingerprint density at radius 1 is 1.60 bits per heavy atom. The molecule has 1 atom stereocenters. The average Bonchev–Trinajstić information content (AvgIpc) is 2.76. The van der Waals surface area contributed by atoms with Gasteiger partial charge in [-0.25, -0.2) is 0 Å². The van der Waals surface area contributed by atoms with Gasteiger partial charge < -0.3 is 19.3 Å². The van der Waals surface area contributed by atoms with Crippen molar-refractivity contribution >= 4 is 0 Å². The van der Waals surface area contributed by atoms with Crippen LogP contribution in [0.3, 0.4) is 0 Å². The number of morpholine rings is 1. The Labute approximate surface area is 87.9 Å². The number of nitrogens with zero attached hydrogens (tertiary/aromatic N) is 2. The van der Waals surface area contributed by atoms with Crippen molar-refractivity contribution in [1.82, 2.24) is 15.5 Å². The Bertz CT molecular complexity index is 297. The van der Waals surface area contributed by atoms with Gasteiger partial charge in [0.1, 0.15) is 12.7 Å². The summed E-state index contributed by atoms with van der Waals surface area (Å²) in [6.45, 7) is 5.21. The summed E-state index contributed by atoms with van der Waals surface area (Å²) >= 11 is 0. The second-order valence-corrected chi connectivity index (χ2v) is 3.25. The second kappa shape index (κ2) is 5.20. The second-order valence-electron chi connectivity index (χ2n) is 3.25. The van der Waals surface area contributed by atoms with Gasteiger partial charge in [0.2, 0.25) is 5.82 Å². The molecule has 1 N–H and O–H groups in total. The predicted octanol–water partition coefficient (Wildman–Crippen LogP) is 0.267. The summed E-state index contributed by atoms with van der Waals surface area (Å²) in [7, 11) is 0. The summed E-state index contributed by atoms with van der Waals surface area (Å²) in [4.78, 5) is 4.20. The number of hydrogen-bond acceptors (Lipinski definition) is 6. The van der Waals surface area contributed by atoms with Crippen LogP contribution in [0.1, 0.15) is 24.7 Å². The third kappa shape index (κ3) is 2.74. The van der Waals surface area contributed by atoms with Crippen LogP contribution in [0.2, 0.25) is 0 Å². The Balaban J connectivity index is 1.93. The van der Waals surface area contributed by atoms with Gasteiger partial charge in [-0.3, -0.25) is 0 Å². The standard InChI is InChI=1S/C9H15N3O3/c1-2-13-6-8-11-9(12-15-8)7-5-10-3-4-14-7/h7,10H,2-6H2,1H3. The van der Waals surface area contributed by atoms with Crippen LogP contribution >= 0.6 is 0 Å². The van der Waals surface area contributed by atoms with E-state index >= 15 is 0 Å². The van der Waals surface area contributed by atoms with E-state index in [1.807, 2.05) is 6.92 Å². The molecule has 1 aromatic rings. The molecule has 1 unspecified atom stereocenters. The monoisotopic (exact) mass is 213 g/mol. The van der Waals surface area contributed by atoms with Gasteiger partial charge in [0.05, 0.1) is 6.61 Å². The molecule has 6 heteroatoms. The maximum absolute atomic E-state index is 5.49. The lowest BCUT2D eigenvalue weighted by Gasteiger charge is -2.20. The van der Waals surface area contributed by atoms with E-state index in [1.54, 1.807) is 0 Å². The molecule has 2 rings (SSSR count). The molecule has 1 aliphatic rings. The molecule has 0 aromatic carbocycles. The first-order chi connectivity index (χ1) is 7.40. The van der Waals surface area contributed by atoms with Crippen molar-refractivity contribution in [2.45, 2.75) is 19.6 Å². The van der Waals surface area contributed by atoms with Crippen LogP contribution in [0.4, 0.5) is 0 Å². The summed E-state index contributed by atoms with van der Waals surface area (Å²) < 4.78 is 15.7. The Kier molecular flexibility index (Phi) is 3.65. The smallest absolute Gasteiger partial charge is 0.252 e. The molecule has 1 fully saturated rings. The molecular weight excluding hydrogens is 198 g/mol. The first kappa shape index (κ1) is 10.5. The van der Waals surface area contributed by atoms with Gasteiger partial charge in [0.25, 0.3) is 5.89 Å². The molecule has 1 aromatic heterocycles. The first-order valence-electron chi connectivity index (χ1n) is 5.12. The maximum atomic E-state index is 5.49. The van der Waals surface area contributed by atoms with Gasteiger partial charge in [-0.2, -0.15) is 4.98 Å². The molecule has 0 radical (unpaired) electrons. The van der Waals surface area contributed by atoms with Crippen molar-refractivity contribution in [3.63, 3.8) is 0 Å². The molecule has 0 saturated carbocycles. The highest BCUT2D eigenvalue weighted by atomic mass is 16.5. The van der Waals surface area contributed by atoms with Gasteiger partial charge in [-0.1, -0.05) is 5.16 Å². The Hall–Kier alpha value is -0.980. The van der Waals surface area contributed by atoms with E-state index in [-0.39, 0.29) is 6.10 Å². The molecular formula is C9H15N3O3. The summed E-state index contributed by atoms with van der Waals surface area (Å²) in [5, 5.41) is 7.07. The zero-order valence-electron chi connectivity index (χ0n) is 8.73. The zero-order chi connectivity index (χ0) is 10.5. The number of ether oxygens (including phenoxy) is 2. The van der Waals surface area contributed by atoms with E-state index in [0.29, 0.717) is 31.5 Å². The molecule has 15 heavy (non-hydrogen) atoms. The maximum Gasteiger partial charge on any atom is 0.252 e. The van der Waals surface area contributed by atoms with E-state index in [4.69, 9.17) is 14.0 Å². The number of nitrogens with one attached hydrogen (secondary N) is 1. The minimum atomic E-state index is -0.0992. The van der Waals surface area contributed by atoms with Crippen molar-refractivity contribution in [2.24, 2.45) is 0 Å². The van der Waals surface area contributed by atoms with E-state index in [9.17, 15) is 0 Å². The van der Waals surface area contributed by atoms with Gasteiger partial charge >= 0.3 is 0 Å². The van der Waals surface area contributed by atoms with Crippen LogP contribution in [0.15, 0.2) is 4.52 Å². The SMILES string of the molecule is CCOCc1nc(C2CNCCO2)no1. The fraction of sp³-hybridized carbons (Fsp3) is 0.778. The van der Waals surface area contributed by atoms with Gasteiger partial charge in [0, 0.05) is 19.7 Å². The molecule has 0 aliphatic carbocycles. The molecule has 2 heterocycles. The zero-order valence-corrected chi connectivity index (χ0v) is 8.73. The molecule has 84 valence electrons. The molecule has 6 nitrogen and oxygen atoms in total. The molecule has 0 bridgehead atoms. The topological polar surface area (TPSA) is 69.4 Å². The third-order valence-corrected chi connectivity index (χ3v) is 2.13. The number of rotatable bonds is 4. The highest BCUT2D eigenvalue weighted by Gasteiger charge is 2.21. The number of aromatic nitrogens is 2. The van der Waals surface area contributed by atoms with Crippen molar-refractivity contribution < 1.29 is 14.0 Å². The molecule has 1 aliphatic heterocycles. The van der Waals surface area contributed by atoms with Crippen LogP contribution in [-0.4, -0.2) is 36.4 Å². The Morgan fingerprint density at radius 3 is 3.27 bits per heavy atom. The predicted molar refractivity (Wildman–Crippen MR) is 51.2 cm³/mol. The van der Waals surface area contributed by atoms with Crippen LogP contribution in [0.25, 0.3) is 0 Å². The van der Waals surface area contributed by atoms with Crippen molar-refractivity contribution in [3.05, 3.63) is 11.7 Å². The van der Waals surface area contributed by atoms with Crippen molar-refractivity contribution in [1.29, 1.82) is 0 Å². The first-order valence-corrected chi connectivity index (χ1v) is 5.12. The summed E-state index contributed by atoms with van der Waals surface area (Å²) in [5.41, 5.74) is 0. The van der Waals surface area contributed by atoms with Gasteiger partial charge in [-0.05, 0) is 6.92 Å². The van der Waals surface area contributed by atoms with Gasteiger partial charge in [0.15, 0.2) is 0 Å². The van der Waals surface area contributed by atoms with Crippen LogP contribution in [0, 0.1) is 0 Å². The fourth-order valence-electron chi connectivity index (χ4n) is 1.38. The van der Waals surface area contributed by atoms with Crippen LogP contribution in [0.5, 0.6) is 0 Å². The van der Waals surface area contributed by atoms with E-state index < -0.39 is 0 Å². The average molecular weight is 213 g/mol.